The molecule has 0 aliphatic rings. The highest BCUT2D eigenvalue weighted by molar-refractivity contribution is 5.95. The predicted octanol–water partition coefficient (Wildman–Crippen LogP) is 1.95. The summed E-state index contributed by atoms with van der Waals surface area (Å²) in [6.45, 7) is 0. The molecule has 0 amide bonds. The average Bonchev–Trinajstić information content (AvgIpc) is 2.50. The first-order chi connectivity index (χ1) is 9.62. The third kappa shape index (κ3) is 4.25. The third-order valence-electron chi connectivity index (χ3n) is 2.68. The molecule has 0 aliphatic carbocycles. The van der Waals surface area contributed by atoms with E-state index >= 15 is 0 Å². The largest absolute Gasteiger partial charge is 0.468 e. The van der Waals surface area contributed by atoms with E-state index in [-0.39, 0.29) is 6.42 Å². The SMILES string of the molecule is COC(=O)C(C/C(C#N)=C/c1ccccc1)C(=O)OC. The molecule has 0 aromatic heterocycles. The molecular weight excluding hydrogens is 258 g/mol. The van der Waals surface area contributed by atoms with Gasteiger partial charge in [-0.3, -0.25) is 9.59 Å². The highest BCUT2D eigenvalue weighted by atomic mass is 16.5. The number of nitriles is 1. The predicted molar refractivity (Wildman–Crippen MR) is 72.2 cm³/mol. The lowest BCUT2D eigenvalue weighted by atomic mass is 9.98. The Balaban J connectivity index is 2.96. The van der Waals surface area contributed by atoms with Gasteiger partial charge in [-0.1, -0.05) is 30.3 Å². The molecule has 0 radical (unpaired) electrons. The fourth-order valence-corrected chi connectivity index (χ4v) is 1.65. The minimum atomic E-state index is -1.13. The Morgan fingerprint density at radius 2 is 1.75 bits per heavy atom. The number of hydrogen-bond acceptors (Lipinski definition) is 5. The van der Waals surface area contributed by atoms with Crippen LogP contribution in [0.15, 0.2) is 35.9 Å². The molecule has 0 N–H and O–H groups in total. The van der Waals surface area contributed by atoms with Crippen molar-refractivity contribution in [2.45, 2.75) is 6.42 Å². The van der Waals surface area contributed by atoms with Crippen molar-refractivity contribution in [3.8, 4) is 6.07 Å². The van der Waals surface area contributed by atoms with E-state index in [2.05, 4.69) is 9.47 Å². The fourth-order valence-electron chi connectivity index (χ4n) is 1.65. The minimum Gasteiger partial charge on any atom is -0.468 e. The molecule has 1 aromatic rings. The molecule has 1 rings (SSSR count). The zero-order chi connectivity index (χ0) is 15.0. The van der Waals surface area contributed by atoms with E-state index in [4.69, 9.17) is 5.26 Å². The van der Waals surface area contributed by atoms with Gasteiger partial charge in [-0.05, 0) is 11.6 Å². The molecule has 0 heterocycles. The molecule has 20 heavy (non-hydrogen) atoms. The zero-order valence-electron chi connectivity index (χ0n) is 11.3. The number of esters is 2. The highest BCUT2D eigenvalue weighted by Gasteiger charge is 2.29. The lowest BCUT2D eigenvalue weighted by Gasteiger charge is -2.11. The van der Waals surface area contributed by atoms with Crippen molar-refractivity contribution in [1.82, 2.24) is 0 Å². The smallest absolute Gasteiger partial charge is 0.320 e. The van der Waals surface area contributed by atoms with Gasteiger partial charge in [0.1, 0.15) is 0 Å². The van der Waals surface area contributed by atoms with Crippen LogP contribution in [0.3, 0.4) is 0 Å². The minimum absolute atomic E-state index is 0.0509. The molecule has 0 fully saturated rings. The van der Waals surface area contributed by atoms with Gasteiger partial charge in [0.05, 0.1) is 20.3 Å². The first-order valence-corrected chi connectivity index (χ1v) is 5.93. The maximum absolute atomic E-state index is 11.6. The van der Waals surface area contributed by atoms with Gasteiger partial charge >= 0.3 is 11.9 Å². The lowest BCUT2D eigenvalue weighted by Crippen LogP contribution is -2.26. The van der Waals surface area contributed by atoms with Crippen LogP contribution in [0.4, 0.5) is 0 Å². The Kier molecular flexibility index (Phi) is 5.98. The molecule has 1 aromatic carbocycles. The molecule has 5 nitrogen and oxygen atoms in total. The van der Waals surface area contributed by atoms with Gasteiger partial charge in [-0.25, -0.2) is 0 Å². The van der Waals surface area contributed by atoms with Gasteiger partial charge in [0.2, 0.25) is 0 Å². The van der Waals surface area contributed by atoms with Crippen molar-refractivity contribution in [2.75, 3.05) is 14.2 Å². The fraction of sp³-hybridized carbons (Fsp3) is 0.267. The van der Waals surface area contributed by atoms with Crippen LogP contribution in [0.25, 0.3) is 6.08 Å². The van der Waals surface area contributed by atoms with Gasteiger partial charge in [-0.2, -0.15) is 5.26 Å². The lowest BCUT2D eigenvalue weighted by molar-refractivity contribution is -0.158. The summed E-state index contributed by atoms with van der Waals surface area (Å²) in [4.78, 5) is 23.1. The number of rotatable bonds is 5. The van der Waals surface area contributed by atoms with Crippen LogP contribution >= 0.6 is 0 Å². The number of ether oxygens (including phenoxy) is 2. The third-order valence-corrected chi connectivity index (χ3v) is 2.68. The Morgan fingerprint density at radius 3 is 2.20 bits per heavy atom. The van der Waals surface area contributed by atoms with Crippen molar-refractivity contribution in [2.24, 2.45) is 5.92 Å². The molecule has 0 spiro atoms. The van der Waals surface area contributed by atoms with E-state index in [1.54, 1.807) is 6.08 Å². The standard InChI is InChI=1S/C15H15NO4/c1-19-14(17)13(15(18)20-2)9-12(10-16)8-11-6-4-3-5-7-11/h3-8,13H,9H2,1-2H3/b12-8-. The molecule has 0 atom stereocenters. The van der Waals surface area contributed by atoms with Gasteiger partial charge in [0.25, 0.3) is 0 Å². The summed E-state index contributed by atoms with van der Waals surface area (Å²) in [6.07, 6.45) is 1.57. The van der Waals surface area contributed by atoms with Gasteiger partial charge < -0.3 is 9.47 Å². The topological polar surface area (TPSA) is 76.4 Å². The normalized spacial score (nSPS) is 10.8. The quantitative estimate of drug-likeness (QED) is 0.465. The zero-order valence-corrected chi connectivity index (χ0v) is 11.3. The maximum atomic E-state index is 11.6. The number of carbonyl (C=O) groups is 2. The van der Waals surface area contributed by atoms with E-state index in [0.717, 1.165) is 5.56 Å². The Morgan fingerprint density at radius 1 is 1.20 bits per heavy atom. The Bertz CT molecular complexity index is 527. The van der Waals surface area contributed by atoms with E-state index in [1.165, 1.54) is 14.2 Å². The van der Waals surface area contributed by atoms with Crippen molar-refractivity contribution >= 4 is 18.0 Å². The first kappa shape index (κ1) is 15.4. The van der Waals surface area contributed by atoms with E-state index < -0.39 is 17.9 Å². The number of allylic oxidation sites excluding steroid dienone is 1. The average molecular weight is 273 g/mol. The van der Waals surface area contributed by atoms with Crippen LogP contribution in [-0.2, 0) is 19.1 Å². The van der Waals surface area contributed by atoms with Crippen molar-refractivity contribution < 1.29 is 19.1 Å². The van der Waals surface area contributed by atoms with Crippen LogP contribution in [-0.4, -0.2) is 26.2 Å². The number of hydrogen-bond donors (Lipinski definition) is 0. The summed E-state index contributed by atoms with van der Waals surface area (Å²) in [5.41, 5.74) is 1.12. The summed E-state index contributed by atoms with van der Waals surface area (Å²) in [5, 5.41) is 9.12. The summed E-state index contributed by atoms with van der Waals surface area (Å²) < 4.78 is 9.11. The molecule has 0 aliphatic heterocycles. The number of nitrogens with zero attached hydrogens (tertiary/aromatic N) is 1. The molecular formula is C15H15NO4. The summed E-state index contributed by atoms with van der Waals surface area (Å²) in [7, 11) is 2.37. The molecule has 104 valence electrons. The summed E-state index contributed by atoms with van der Waals surface area (Å²) in [6, 6.07) is 11.1. The number of carbonyl (C=O) groups excluding carboxylic acids is 2. The van der Waals surface area contributed by atoms with Crippen LogP contribution in [0.2, 0.25) is 0 Å². The number of benzene rings is 1. The van der Waals surface area contributed by atoms with Gasteiger partial charge in [0.15, 0.2) is 5.92 Å². The van der Waals surface area contributed by atoms with Gasteiger partial charge in [0, 0.05) is 12.0 Å². The highest BCUT2D eigenvalue weighted by Crippen LogP contribution is 2.17. The maximum Gasteiger partial charge on any atom is 0.320 e. The number of methoxy groups -OCH3 is 2. The van der Waals surface area contributed by atoms with E-state index in [9.17, 15) is 9.59 Å². The van der Waals surface area contributed by atoms with Crippen molar-refractivity contribution in [3.05, 3.63) is 41.5 Å². The van der Waals surface area contributed by atoms with E-state index in [0.29, 0.717) is 5.57 Å². The van der Waals surface area contributed by atoms with Crippen LogP contribution in [0.5, 0.6) is 0 Å². The molecule has 0 bridgehead atoms. The summed E-state index contributed by atoms with van der Waals surface area (Å²) >= 11 is 0. The van der Waals surface area contributed by atoms with Crippen molar-refractivity contribution in [3.63, 3.8) is 0 Å². The summed E-state index contributed by atoms with van der Waals surface area (Å²) in [5.74, 6) is -2.56. The molecule has 0 saturated carbocycles. The monoisotopic (exact) mass is 273 g/mol. The van der Waals surface area contributed by atoms with Crippen LogP contribution in [0.1, 0.15) is 12.0 Å². The second-order valence-electron chi connectivity index (χ2n) is 4.00. The Labute approximate surface area is 117 Å². The van der Waals surface area contributed by atoms with Crippen LogP contribution < -0.4 is 0 Å². The molecule has 0 unspecified atom stereocenters. The first-order valence-electron chi connectivity index (χ1n) is 5.93. The Hall–Kier alpha value is -2.61. The van der Waals surface area contributed by atoms with Gasteiger partial charge in [-0.15, -0.1) is 0 Å². The second kappa shape index (κ2) is 7.74. The van der Waals surface area contributed by atoms with E-state index in [1.807, 2.05) is 36.4 Å². The second-order valence-corrected chi connectivity index (χ2v) is 4.00. The van der Waals surface area contributed by atoms with Crippen molar-refractivity contribution in [1.29, 1.82) is 5.26 Å². The molecule has 0 saturated heterocycles. The van der Waals surface area contributed by atoms with Crippen LogP contribution in [0, 0.1) is 17.2 Å². The molecule has 5 heteroatoms.